The van der Waals surface area contributed by atoms with Crippen molar-refractivity contribution in [1.29, 1.82) is 5.26 Å². The third-order valence-electron chi connectivity index (χ3n) is 7.75. The van der Waals surface area contributed by atoms with Crippen molar-refractivity contribution in [2.24, 2.45) is 0 Å². The molecule has 230 valence electrons. The van der Waals surface area contributed by atoms with Crippen LogP contribution in [-0.2, 0) is 24.8 Å². The van der Waals surface area contributed by atoms with Gasteiger partial charge in [0.05, 0.1) is 33.0 Å². The number of rotatable bonds is 8. The van der Waals surface area contributed by atoms with Crippen molar-refractivity contribution in [3.8, 4) is 11.8 Å². The molecule has 10 nitrogen and oxygen atoms in total. The molecule has 0 unspecified atom stereocenters. The third-order valence-corrected chi connectivity index (χ3v) is 10.8. The second kappa shape index (κ2) is 11.3. The molecule has 1 aromatic carbocycles. The van der Waals surface area contributed by atoms with Gasteiger partial charge in [0.1, 0.15) is 22.5 Å². The highest BCUT2D eigenvalue weighted by molar-refractivity contribution is 9.10. The minimum Gasteiger partial charge on any atom is -0.484 e. The first-order chi connectivity index (χ1) is 20.1. The molecule has 2 aliphatic heterocycles. The molecule has 1 saturated carbocycles. The number of hydrogen-bond acceptors (Lipinski definition) is 9. The van der Waals surface area contributed by atoms with Crippen molar-refractivity contribution in [2.75, 3.05) is 26.2 Å². The van der Waals surface area contributed by atoms with Crippen LogP contribution in [0.1, 0.15) is 25.0 Å². The Balaban J connectivity index is 1.38. The largest absolute Gasteiger partial charge is 0.484 e. The zero-order valence-electron chi connectivity index (χ0n) is 22.1. The lowest BCUT2D eigenvalue weighted by Gasteiger charge is -2.44. The van der Waals surface area contributed by atoms with Gasteiger partial charge in [-0.3, -0.25) is 19.5 Å². The summed E-state index contributed by atoms with van der Waals surface area (Å²) in [5.41, 5.74) is -3.19. The second-order valence-corrected chi connectivity index (χ2v) is 14.2. The lowest BCUT2D eigenvalue weighted by atomic mass is 9.76. The van der Waals surface area contributed by atoms with Crippen LogP contribution in [0.4, 0.5) is 17.6 Å². The van der Waals surface area contributed by atoms with Gasteiger partial charge in [0.15, 0.2) is 16.4 Å². The van der Waals surface area contributed by atoms with Gasteiger partial charge >= 0.3 is 6.18 Å². The van der Waals surface area contributed by atoms with E-state index in [-0.39, 0.29) is 60.3 Å². The number of amides is 2. The van der Waals surface area contributed by atoms with Gasteiger partial charge in [-0.25, -0.2) is 12.8 Å². The fourth-order valence-corrected chi connectivity index (χ4v) is 7.72. The topological polar surface area (TPSA) is 141 Å². The van der Waals surface area contributed by atoms with Gasteiger partial charge in [0.25, 0.3) is 0 Å². The maximum absolute atomic E-state index is 15.0. The van der Waals surface area contributed by atoms with Gasteiger partial charge in [0, 0.05) is 36.4 Å². The van der Waals surface area contributed by atoms with E-state index in [9.17, 15) is 40.8 Å². The maximum Gasteiger partial charge on any atom is 0.422 e. The Morgan fingerprint density at radius 2 is 1.95 bits per heavy atom. The zero-order chi connectivity index (χ0) is 31.4. The van der Waals surface area contributed by atoms with Gasteiger partial charge < -0.3 is 15.4 Å². The van der Waals surface area contributed by atoms with E-state index in [1.807, 2.05) is 6.07 Å². The molecule has 2 N–H and O–H groups in total. The van der Waals surface area contributed by atoms with Crippen molar-refractivity contribution in [2.45, 2.75) is 52.6 Å². The minimum atomic E-state index is -4.61. The van der Waals surface area contributed by atoms with Crippen molar-refractivity contribution in [1.82, 2.24) is 20.5 Å². The molecule has 0 spiro atoms. The Hall–Kier alpha value is -2.84. The molecule has 5 rings (SSSR count). The molecule has 17 heteroatoms. The molecule has 2 atom stereocenters. The second-order valence-electron chi connectivity index (χ2n) is 10.7. The molecular weight excluding hydrogens is 686 g/mol. The number of aromatic nitrogens is 1. The van der Waals surface area contributed by atoms with Gasteiger partial charge in [-0.1, -0.05) is 11.6 Å². The summed E-state index contributed by atoms with van der Waals surface area (Å²) in [6, 6.07) is 5.01. The molecule has 0 bridgehead atoms. The number of nitrogens with one attached hydrogen (secondary N) is 2. The van der Waals surface area contributed by atoms with Crippen LogP contribution < -0.4 is 15.4 Å². The fraction of sp³-hybridized carbons (Fsp3) is 0.462. The summed E-state index contributed by atoms with van der Waals surface area (Å²) in [4.78, 5) is 32.5. The van der Waals surface area contributed by atoms with E-state index in [2.05, 4.69) is 36.3 Å². The number of carbonyl (C=O) groups is 2. The zero-order valence-corrected chi connectivity index (χ0v) is 25.2. The van der Waals surface area contributed by atoms with Crippen molar-refractivity contribution in [3.63, 3.8) is 0 Å². The highest BCUT2D eigenvalue weighted by Crippen LogP contribution is 2.45. The molecule has 2 saturated heterocycles. The number of nitriles is 1. The molecule has 2 aromatic rings. The number of benzene rings is 1. The predicted molar refractivity (Wildman–Crippen MR) is 146 cm³/mol. The van der Waals surface area contributed by atoms with Gasteiger partial charge in [-0.15, -0.1) is 0 Å². The van der Waals surface area contributed by atoms with Crippen LogP contribution in [0.5, 0.6) is 5.75 Å². The average Bonchev–Trinajstić information content (AvgIpc) is 3.51. The fourth-order valence-electron chi connectivity index (χ4n) is 5.22. The number of nitrogens with zero attached hydrogens (tertiary/aromatic N) is 3. The number of halogens is 6. The van der Waals surface area contributed by atoms with Crippen LogP contribution >= 0.6 is 27.5 Å². The van der Waals surface area contributed by atoms with Crippen LogP contribution in [0, 0.1) is 17.1 Å². The van der Waals surface area contributed by atoms with E-state index in [1.54, 1.807) is 0 Å². The average molecular weight is 709 g/mol. The number of pyridine rings is 1. The Morgan fingerprint density at radius 3 is 2.49 bits per heavy atom. The van der Waals surface area contributed by atoms with Crippen molar-refractivity contribution >= 4 is 49.2 Å². The molecule has 43 heavy (non-hydrogen) atoms. The summed E-state index contributed by atoms with van der Waals surface area (Å²) >= 11 is 9.24. The minimum absolute atomic E-state index is 0.0288. The van der Waals surface area contributed by atoms with Crippen molar-refractivity contribution in [3.05, 3.63) is 51.5 Å². The van der Waals surface area contributed by atoms with E-state index in [0.29, 0.717) is 4.47 Å². The van der Waals surface area contributed by atoms with Crippen LogP contribution in [0.3, 0.4) is 0 Å². The van der Waals surface area contributed by atoms with Gasteiger partial charge in [-0.05, 0) is 53.4 Å². The molecule has 2 amide bonds. The number of hydrogen-bond donors (Lipinski definition) is 2. The van der Waals surface area contributed by atoms with E-state index in [0.717, 1.165) is 29.2 Å². The third kappa shape index (κ3) is 5.85. The number of carbonyl (C=O) groups excluding carboxylic acids is 2. The molecule has 3 aliphatic rings. The summed E-state index contributed by atoms with van der Waals surface area (Å²) in [6.07, 6.45) is -3.17. The summed E-state index contributed by atoms with van der Waals surface area (Å²) in [5.74, 6) is -2.69. The lowest BCUT2D eigenvalue weighted by molar-refractivity contribution is -0.154. The Labute approximate surface area is 256 Å². The van der Waals surface area contributed by atoms with E-state index in [1.165, 1.54) is 6.20 Å². The van der Waals surface area contributed by atoms with Crippen LogP contribution in [0.15, 0.2) is 39.8 Å². The SMILES string of the molecule is N#CC1(N(C(=O)[C@@H]2C[C@@H](S(=O)(=O)c3ccc(OCC(F)(F)F)cc3Cl)CN2)C(=O)C2(c3ncc(Br)cc3F)CNC2)CC1. The Kier molecular flexibility index (Phi) is 8.27. The summed E-state index contributed by atoms with van der Waals surface area (Å²) in [7, 11) is -4.21. The van der Waals surface area contributed by atoms with E-state index < -0.39 is 62.5 Å². The number of ether oxygens (including phenoxy) is 1. The standard InChI is InChI=1S/C26H23BrClF4N5O5S/c27-14-5-18(29)21(36-8-14)25(11-34-12-25)23(39)37(24(10-33)3-4-24)22(38)19-7-16(9-35-19)43(40,41)20-2-1-15(6-17(20)28)42-13-26(30,31)32/h1-2,5-6,8,16,19,34-35H,3-4,7,9,11-13H2/t16-,19+/m1/s1. The molecule has 3 fully saturated rings. The molecular formula is C26H23BrClF4N5O5S. The predicted octanol–water partition coefficient (Wildman–Crippen LogP) is 3.03. The Morgan fingerprint density at radius 1 is 1.26 bits per heavy atom. The summed E-state index contributed by atoms with van der Waals surface area (Å²) in [6.45, 7) is -1.86. The highest BCUT2D eigenvalue weighted by Gasteiger charge is 2.62. The highest BCUT2D eigenvalue weighted by atomic mass is 79.9. The first kappa shape index (κ1) is 31.6. The van der Waals surface area contributed by atoms with Crippen molar-refractivity contribution < 1.29 is 40.3 Å². The molecule has 1 aliphatic carbocycles. The monoisotopic (exact) mass is 707 g/mol. The first-order valence-corrected chi connectivity index (χ1v) is 15.6. The summed E-state index contributed by atoms with van der Waals surface area (Å²) < 4.78 is 84.3. The number of sulfone groups is 1. The van der Waals surface area contributed by atoms with Crippen LogP contribution in [-0.4, -0.2) is 79.4 Å². The normalized spacial score (nSPS) is 22.3. The molecule has 1 aromatic heterocycles. The van der Waals surface area contributed by atoms with E-state index in [4.69, 9.17) is 11.6 Å². The van der Waals surface area contributed by atoms with E-state index >= 15 is 0 Å². The smallest absolute Gasteiger partial charge is 0.422 e. The summed E-state index contributed by atoms with van der Waals surface area (Å²) in [5, 5.41) is 14.1. The molecule has 3 heterocycles. The maximum atomic E-state index is 15.0. The van der Waals surface area contributed by atoms with Gasteiger partial charge in [0.2, 0.25) is 11.8 Å². The molecule has 0 radical (unpaired) electrons. The van der Waals surface area contributed by atoms with Gasteiger partial charge in [-0.2, -0.15) is 18.4 Å². The first-order valence-electron chi connectivity index (χ1n) is 12.9. The lowest BCUT2D eigenvalue weighted by Crippen LogP contribution is -2.69. The Bertz CT molecular complexity index is 1630. The number of imide groups is 1. The number of alkyl halides is 3. The quantitative estimate of drug-likeness (QED) is 0.313. The van der Waals surface area contributed by atoms with Crippen LogP contribution in [0.25, 0.3) is 0 Å². The van der Waals surface area contributed by atoms with Crippen LogP contribution in [0.2, 0.25) is 5.02 Å².